The topological polar surface area (TPSA) is 18.5 Å². The Morgan fingerprint density at radius 2 is 1.00 bits per heavy atom. The summed E-state index contributed by atoms with van der Waals surface area (Å²) in [7, 11) is 12.6. The second-order valence-electron chi connectivity index (χ2n) is 14.8. The minimum absolute atomic E-state index is 0.149. The molecule has 2 saturated carbocycles. The molecule has 2 nitrogen and oxygen atoms in total. The van der Waals surface area contributed by atoms with Gasteiger partial charge in [-0.15, -0.1) is 0 Å². The molecule has 0 aromatic heterocycles. The fourth-order valence-electron chi connectivity index (χ4n) is 8.77. The molecule has 43 heavy (non-hydrogen) atoms. The van der Waals surface area contributed by atoms with Crippen molar-refractivity contribution in [2.45, 2.75) is 116 Å². The number of benzene rings is 2. The van der Waals surface area contributed by atoms with Crippen LogP contribution in [0.15, 0.2) is 60.0 Å². The Kier molecular flexibility index (Phi) is 9.10. The molecule has 2 fully saturated rings. The molecule has 0 radical (unpaired) electrons. The molecule has 4 aliphatic rings. The van der Waals surface area contributed by atoms with E-state index in [4.69, 9.17) is 25.9 Å². The van der Waals surface area contributed by atoms with Gasteiger partial charge in [-0.05, 0) is 0 Å². The summed E-state index contributed by atoms with van der Waals surface area (Å²) in [5.74, 6) is 2.04. The van der Waals surface area contributed by atoms with Gasteiger partial charge in [0.1, 0.15) is 0 Å². The summed E-state index contributed by atoms with van der Waals surface area (Å²) in [6, 6.07) is 17.4. The van der Waals surface area contributed by atoms with Crippen LogP contribution in [0.1, 0.15) is 101 Å². The standard InChI is InChI=1S/2C17H23OSi.C2H4.2ClH.Zr/c2*1-19(2,17-10-4-3-5-11-17)18-16-12-14-8-6-7-9-15(14)13-16;1-2;;;/h2*6-9,12-13,17H,3-5,10-11H2,1-2H3;1H,2H3;2*1H;/q;;;;;+2/p-2. The normalized spacial score (nSPS) is 23.7. The van der Waals surface area contributed by atoms with Crippen molar-refractivity contribution in [2.24, 2.45) is 0 Å². The number of hydrogen-bond donors (Lipinski definition) is 0. The van der Waals surface area contributed by atoms with Crippen molar-refractivity contribution in [3.63, 3.8) is 0 Å². The van der Waals surface area contributed by atoms with Gasteiger partial charge in [0.2, 0.25) is 0 Å². The summed E-state index contributed by atoms with van der Waals surface area (Å²) in [5, 5.41) is 0. The van der Waals surface area contributed by atoms with Gasteiger partial charge >= 0.3 is 272 Å². The quantitative estimate of drug-likeness (QED) is 0.252. The van der Waals surface area contributed by atoms with E-state index in [9.17, 15) is 0 Å². The van der Waals surface area contributed by atoms with Gasteiger partial charge in [0.15, 0.2) is 0 Å². The van der Waals surface area contributed by atoms with Crippen LogP contribution in [0.4, 0.5) is 0 Å². The zero-order valence-corrected chi connectivity index (χ0v) is 32.8. The molecule has 7 heteroatoms. The first kappa shape index (κ1) is 32.2. The Bertz CT molecular complexity index is 1390. The van der Waals surface area contributed by atoms with E-state index in [0.717, 1.165) is 11.5 Å². The first-order chi connectivity index (χ1) is 20.4. The summed E-state index contributed by atoms with van der Waals surface area (Å²) in [5.41, 5.74) is 6.19. The zero-order chi connectivity index (χ0) is 30.5. The van der Waals surface area contributed by atoms with Gasteiger partial charge in [-0.1, -0.05) is 0 Å². The van der Waals surface area contributed by atoms with Crippen molar-refractivity contribution >= 4 is 49.5 Å². The first-order valence-corrected chi connectivity index (χ1v) is 33.4. The van der Waals surface area contributed by atoms with Crippen molar-refractivity contribution in [2.75, 3.05) is 0 Å². The molecule has 2 atom stereocenters. The molecule has 0 heterocycles. The Morgan fingerprint density at radius 1 is 0.628 bits per heavy atom. The van der Waals surface area contributed by atoms with Gasteiger partial charge in [0.05, 0.1) is 0 Å². The van der Waals surface area contributed by atoms with Crippen molar-refractivity contribution < 1.29 is 24.8 Å². The van der Waals surface area contributed by atoms with Crippen molar-refractivity contribution in [3.05, 3.63) is 82.3 Å². The zero-order valence-electron chi connectivity index (χ0n) is 26.8. The van der Waals surface area contributed by atoms with E-state index < -0.39 is 32.5 Å². The number of rotatable bonds is 8. The molecule has 232 valence electrons. The summed E-state index contributed by atoms with van der Waals surface area (Å²) in [4.78, 5) is 0. The van der Waals surface area contributed by atoms with Crippen LogP contribution in [-0.4, -0.2) is 20.3 Å². The fourth-order valence-corrected chi connectivity index (χ4v) is 30.2. The predicted molar refractivity (Wildman–Crippen MR) is 189 cm³/mol. The average Bonchev–Trinajstić information content (AvgIpc) is 3.56. The van der Waals surface area contributed by atoms with E-state index in [0.29, 0.717) is 11.1 Å². The van der Waals surface area contributed by atoms with Crippen LogP contribution in [0.5, 0.6) is 0 Å². The van der Waals surface area contributed by atoms with Crippen LogP contribution < -0.4 is 0 Å². The average molecular weight is 733 g/mol. The molecule has 2 aromatic rings. The summed E-state index contributed by atoms with van der Waals surface area (Å²) in [6.07, 6.45) is 17.6. The molecule has 0 aliphatic heterocycles. The summed E-state index contributed by atoms with van der Waals surface area (Å²) >= 11 is -5.08. The van der Waals surface area contributed by atoms with E-state index >= 15 is 0 Å². The van der Waals surface area contributed by atoms with Gasteiger partial charge in [0, 0.05) is 0 Å². The maximum atomic E-state index is 8.37. The molecule has 2 aromatic carbocycles. The third-order valence-corrected chi connectivity index (χ3v) is 36.8. The van der Waals surface area contributed by atoms with Crippen LogP contribution >= 0.6 is 17.0 Å². The van der Waals surface area contributed by atoms with E-state index in [1.54, 1.807) is 0 Å². The molecule has 0 spiro atoms. The van der Waals surface area contributed by atoms with E-state index in [1.807, 2.05) is 0 Å². The fraction of sp³-hybridized carbons (Fsp3) is 0.528. The predicted octanol–water partition coefficient (Wildman–Crippen LogP) is 12.1. The third-order valence-electron chi connectivity index (χ3n) is 11.4. The first-order valence-electron chi connectivity index (χ1n) is 16.8. The summed E-state index contributed by atoms with van der Waals surface area (Å²) in [6.45, 7) is 11.8. The van der Waals surface area contributed by atoms with Crippen LogP contribution in [0.3, 0.4) is 0 Å². The Labute approximate surface area is 270 Å². The van der Waals surface area contributed by atoms with Gasteiger partial charge in [-0.2, -0.15) is 0 Å². The molecule has 4 aliphatic carbocycles. The Balaban J connectivity index is 1.45. The van der Waals surface area contributed by atoms with Crippen LogP contribution in [0.2, 0.25) is 37.3 Å². The van der Waals surface area contributed by atoms with E-state index in [2.05, 4.69) is 97.5 Å². The molecule has 0 bridgehead atoms. The van der Waals surface area contributed by atoms with E-state index in [-0.39, 0.29) is 7.25 Å². The summed E-state index contributed by atoms with van der Waals surface area (Å²) < 4.78 is 16.6. The monoisotopic (exact) mass is 730 g/mol. The second-order valence-corrected chi connectivity index (χ2v) is 44.7. The molecule has 0 saturated heterocycles. The minimum atomic E-state index is -5.08. The van der Waals surface area contributed by atoms with Gasteiger partial charge in [0.25, 0.3) is 0 Å². The molecule has 0 amide bonds. The maximum absolute atomic E-state index is 8.37. The number of fused-ring (bicyclic) bond motifs is 2. The molecule has 6 rings (SSSR count). The SMILES string of the molecule is C[CH]=[Zr]([Cl])([Cl])([CH]1C(O[Si](C)(C)C2CCCCC2)=Cc2ccccc21)[CH]1C(O[Si](C)(C)C2CCCCC2)=Cc2ccccc21. The molecule has 0 N–H and O–H groups in total. The third kappa shape index (κ3) is 5.97. The van der Waals surface area contributed by atoms with Crippen molar-refractivity contribution in [1.82, 2.24) is 0 Å². The number of allylic oxidation sites excluding steroid dienone is 2. The second kappa shape index (κ2) is 12.1. The van der Waals surface area contributed by atoms with Gasteiger partial charge in [-0.3, -0.25) is 0 Å². The van der Waals surface area contributed by atoms with Crippen LogP contribution in [0.25, 0.3) is 12.2 Å². The molecular formula is C36H50Cl2O2Si2Zr. The number of halogens is 2. The molecular weight excluding hydrogens is 683 g/mol. The van der Waals surface area contributed by atoms with Crippen molar-refractivity contribution in [1.29, 1.82) is 0 Å². The van der Waals surface area contributed by atoms with Crippen molar-refractivity contribution in [3.8, 4) is 0 Å². The Morgan fingerprint density at radius 3 is 1.37 bits per heavy atom. The number of hydrogen-bond acceptors (Lipinski definition) is 2. The Hall–Kier alpha value is -0.713. The van der Waals surface area contributed by atoms with Gasteiger partial charge in [-0.25, -0.2) is 0 Å². The molecule has 2 unspecified atom stereocenters. The van der Waals surface area contributed by atoms with Gasteiger partial charge < -0.3 is 0 Å². The van der Waals surface area contributed by atoms with Crippen LogP contribution in [0, 0.1) is 0 Å². The van der Waals surface area contributed by atoms with Crippen LogP contribution in [-0.2, 0) is 24.8 Å². The van der Waals surface area contributed by atoms with E-state index in [1.165, 1.54) is 86.5 Å².